The van der Waals surface area contributed by atoms with Crippen molar-refractivity contribution in [2.24, 2.45) is 11.7 Å². The van der Waals surface area contributed by atoms with Gasteiger partial charge in [0.15, 0.2) is 0 Å². The Labute approximate surface area is 86.4 Å². The molecule has 3 nitrogen and oxygen atoms in total. The summed E-state index contributed by atoms with van der Waals surface area (Å²) in [4.78, 5) is 11.4. The summed E-state index contributed by atoms with van der Waals surface area (Å²) in [7, 11) is 0. The zero-order valence-electron chi connectivity index (χ0n) is 9.31. The fourth-order valence-corrected chi connectivity index (χ4v) is 2.43. The van der Waals surface area contributed by atoms with E-state index < -0.39 is 5.54 Å². The van der Waals surface area contributed by atoms with E-state index in [0.29, 0.717) is 0 Å². The van der Waals surface area contributed by atoms with Gasteiger partial charge in [0.1, 0.15) is 0 Å². The first-order valence-corrected chi connectivity index (χ1v) is 5.69. The molecule has 0 radical (unpaired) electrons. The van der Waals surface area contributed by atoms with E-state index >= 15 is 0 Å². The molecule has 1 aliphatic rings. The maximum Gasteiger partial charge on any atom is 0.237 e. The lowest BCUT2D eigenvalue weighted by Crippen LogP contribution is -2.57. The number of likely N-dealkylation sites (N-methyl/N-ethyl adjacent to an activating group) is 1. The van der Waals surface area contributed by atoms with Crippen LogP contribution in [-0.4, -0.2) is 18.0 Å². The van der Waals surface area contributed by atoms with E-state index in [0.717, 1.165) is 38.1 Å². The van der Waals surface area contributed by atoms with Gasteiger partial charge in [-0.3, -0.25) is 4.79 Å². The van der Waals surface area contributed by atoms with Crippen LogP contribution in [0.4, 0.5) is 0 Å². The van der Waals surface area contributed by atoms with E-state index in [2.05, 4.69) is 12.2 Å². The smallest absolute Gasteiger partial charge is 0.237 e. The lowest BCUT2D eigenvalue weighted by molar-refractivity contribution is -0.126. The van der Waals surface area contributed by atoms with Crippen molar-refractivity contribution in [1.82, 2.24) is 5.32 Å². The van der Waals surface area contributed by atoms with Gasteiger partial charge in [-0.25, -0.2) is 0 Å². The number of nitrogens with two attached hydrogens (primary N) is 1. The normalized spacial score (nSPS) is 32.9. The maximum atomic E-state index is 11.4. The van der Waals surface area contributed by atoms with Gasteiger partial charge in [0.05, 0.1) is 5.54 Å². The summed E-state index contributed by atoms with van der Waals surface area (Å²) in [6.07, 6.45) is 5.31. The highest BCUT2D eigenvalue weighted by Gasteiger charge is 2.38. The van der Waals surface area contributed by atoms with E-state index in [1.807, 2.05) is 6.92 Å². The van der Waals surface area contributed by atoms with Crippen LogP contribution in [0.25, 0.3) is 0 Å². The predicted molar refractivity (Wildman–Crippen MR) is 57.9 cm³/mol. The van der Waals surface area contributed by atoms with Gasteiger partial charge in [-0.2, -0.15) is 0 Å². The first-order chi connectivity index (χ1) is 6.64. The molecule has 0 aromatic rings. The fourth-order valence-electron chi connectivity index (χ4n) is 2.43. The first kappa shape index (κ1) is 11.5. The summed E-state index contributed by atoms with van der Waals surface area (Å²) in [5.74, 6) is 0.620. The Kier molecular flexibility index (Phi) is 3.93. The minimum Gasteiger partial charge on any atom is -0.368 e. The van der Waals surface area contributed by atoms with Gasteiger partial charge in [0.2, 0.25) is 5.91 Å². The lowest BCUT2D eigenvalue weighted by Gasteiger charge is -2.38. The number of hydrogen-bond acceptors (Lipinski definition) is 2. The third-order valence-electron chi connectivity index (χ3n) is 3.52. The van der Waals surface area contributed by atoms with E-state index in [1.165, 1.54) is 6.42 Å². The number of carbonyl (C=O) groups excluding carboxylic acids is 1. The molecule has 0 unspecified atom stereocenters. The fraction of sp³-hybridized carbons (Fsp3) is 0.909. The molecule has 0 bridgehead atoms. The van der Waals surface area contributed by atoms with E-state index in [9.17, 15) is 4.79 Å². The molecule has 0 atom stereocenters. The van der Waals surface area contributed by atoms with E-state index in [-0.39, 0.29) is 5.91 Å². The minimum absolute atomic E-state index is 0.172. The van der Waals surface area contributed by atoms with Crippen LogP contribution >= 0.6 is 0 Å². The topological polar surface area (TPSA) is 55.1 Å². The number of nitrogens with one attached hydrogen (secondary N) is 1. The zero-order chi connectivity index (χ0) is 10.6. The Hall–Kier alpha value is -0.570. The maximum absolute atomic E-state index is 11.4. The average Bonchev–Trinajstić information content (AvgIpc) is 2.19. The molecular formula is C11H22N2O. The molecule has 1 amide bonds. The molecule has 0 aromatic heterocycles. The first-order valence-electron chi connectivity index (χ1n) is 5.69. The molecule has 0 saturated heterocycles. The summed E-state index contributed by atoms with van der Waals surface area (Å²) in [5.41, 5.74) is 5.07. The van der Waals surface area contributed by atoms with Gasteiger partial charge in [-0.1, -0.05) is 20.3 Å². The Bertz CT molecular complexity index is 195. The molecule has 14 heavy (non-hydrogen) atoms. The summed E-state index contributed by atoms with van der Waals surface area (Å²) in [5, 5.41) is 3.27. The summed E-state index contributed by atoms with van der Waals surface area (Å²) in [6, 6.07) is 0. The Morgan fingerprint density at radius 3 is 2.36 bits per heavy atom. The molecule has 0 heterocycles. The van der Waals surface area contributed by atoms with Crippen LogP contribution in [0, 0.1) is 5.92 Å². The number of amides is 1. The summed E-state index contributed by atoms with van der Waals surface area (Å²) < 4.78 is 0. The van der Waals surface area contributed by atoms with Crippen LogP contribution < -0.4 is 11.1 Å². The monoisotopic (exact) mass is 198 g/mol. The van der Waals surface area contributed by atoms with Crippen molar-refractivity contribution in [3.63, 3.8) is 0 Å². The van der Waals surface area contributed by atoms with Gasteiger partial charge in [-0.05, 0) is 38.1 Å². The van der Waals surface area contributed by atoms with Crippen LogP contribution in [0.5, 0.6) is 0 Å². The molecule has 1 rings (SSSR count). The van der Waals surface area contributed by atoms with Crippen LogP contribution in [0.2, 0.25) is 0 Å². The summed E-state index contributed by atoms with van der Waals surface area (Å²) >= 11 is 0. The van der Waals surface area contributed by atoms with E-state index in [4.69, 9.17) is 5.73 Å². The molecule has 0 aromatic carbocycles. The molecule has 0 aliphatic heterocycles. The number of primary amides is 1. The molecule has 1 fully saturated rings. The average molecular weight is 198 g/mol. The van der Waals surface area contributed by atoms with Crippen LogP contribution in [0.3, 0.4) is 0 Å². The molecule has 1 saturated carbocycles. The second-order valence-electron chi connectivity index (χ2n) is 4.33. The highest BCUT2D eigenvalue weighted by Crippen LogP contribution is 2.33. The van der Waals surface area contributed by atoms with Crippen LogP contribution in [0.1, 0.15) is 46.0 Å². The van der Waals surface area contributed by atoms with Crippen molar-refractivity contribution in [3.05, 3.63) is 0 Å². The predicted octanol–water partition coefficient (Wildman–Crippen LogP) is 1.42. The molecule has 0 spiro atoms. The van der Waals surface area contributed by atoms with Gasteiger partial charge in [-0.15, -0.1) is 0 Å². The second kappa shape index (κ2) is 4.78. The zero-order valence-corrected chi connectivity index (χ0v) is 9.31. The van der Waals surface area contributed by atoms with Gasteiger partial charge in [0.25, 0.3) is 0 Å². The van der Waals surface area contributed by atoms with Crippen molar-refractivity contribution < 1.29 is 4.79 Å². The third kappa shape index (κ3) is 2.27. The van der Waals surface area contributed by atoms with Crippen LogP contribution in [0.15, 0.2) is 0 Å². The number of carbonyl (C=O) groups is 1. The van der Waals surface area contributed by atoms with Crippen molar-refractivity contribution in [2.45, 2.75) is 51.5 Å². The largest absolute Gasteiger partial charge is 0.368 e. The second-order valence-corrected chi connectivity index (χ2v) is 4.33. The van der Waals surface area contributed by atoms with Gasteiger partial charge >= 0.3 is 0 Å². The quantitative estimate of drug-likeness (QED) is 0.718. The van der Waals surface area contributed by atoms with Crippen molar-refractivity contribution in [2.75, 3.05) is 6.54 Å². The third-order valence-corrected chi connectivity index (χ3v) is 3.52. The van der Waals surface area contributed by atoms with Gasteiger partial charge < -0.3 is 11.1 Å². The van der Waals surface area contributed by atoms with Crippen molar-refractivity contribution in [1.29, 1.82) is 0 Å². The molecule has 1 aliphatic carbocycles. The Balaban J connectivity index is 2.59. The number of hydrogen-bond donors (Lipinski definition) is 2. The van der Waals surface area contributed by atoms with Crippen molar-refractivity contribution in [3.8, 4) is 0 Å². The SMILES string of the molecule is CCNC1(C(N)=O)CCC(CC)CC1. The molecule has 82 valence electrons. The lowest BCUT2D eigenvalue weighted by atomic mass is 9.75. The summed E-state index contributed by atoms with van der Waals surface area (Å²) in [6.45, 7) is 5.06. The Morgan fingerprint density at radius 2 is 2.00 bits per heavy atom. The molecular weight excluding hydrogens is 176 g/mol. The van der Waals surface area contributed by atoms with E-state index in [1.54, 1.807) is 0 Å². The molecule has 3 heteroatoms. The highest BCUT2D eigenvalue weighted by atomic mass is 16.1. The molecule has 3 N–H and O–H groups in total. The standard InChI is InChI=1S/C11H22N2O/c1-3-9-5-7-11(8-6-9,10(12)14)13-4-2/h9,13H,3-8H2,1-2H3,(H2,12,14). The number of rotatable bonds is 4. The highest BCUT2D eigenvalue weighted by molar-refractivity contribution is 5.84. The van der Waals surface area contributed by atoms with Crippen LogP contribution in [-0.2, 0) is 4.79 Å². The minimum atomic E-state index is -0.402. The van der Waals surface area contributed by atoms with Crippen molar-refractivity contribution >= 4 is 5.91 Å². The Morgan fingerprint density at radius 1 is 1.43 bits per heavy atom. The van der Waals surface area contributed by atoms with Gasteiger partial charge in [0, 0.05) is 0 Å².